The molecule has 1 aromatic carbocycles. The Bertz CT molecular complexity index is 510. The van der Waals surface area contributed by atoms with Crippen molar-refractivity contribution in [1.82, 2.24) is 10.1 Å². The highest BCUT2D eigenvalue weighted by Gasteiger charge is 2.21. The summed E-state index contributed by atoms with van der Waals surface area (Å²) in [5.41, 5.74) is 0.895. The Hall–Kier alpha value is -1.20. The molecule has 0 saturated carbocycles. The maximum absolute atomic E-state index is 9.76. The Balaban J connectivity index is 2.22. The van der Waals surface area contributed by atoms with E-state index >= 15 is 0 Å². The molecule has 0 radical (unpaired) electrons. The number of halogens is 1. The zero-order chi connectivity index (χ0) is 13.1. The Morgan fingerprint density at radius 2 is 2.00 bits per heavy atom. The van der Waals surface area contributed by atoms with Crippen molar-refractivity contribution in [3.8, 4) is 11.4 Å². The number of benzene rings is 1. The number of hydrogen-bond donors (Lipinski definition) is 1. The molecule has 0 saturated heterocycles. The number of aromatic nitrogens is 2. The molecule has 0 fully saturated rings. The van der Waals surface area contributed by atoms with Gasteiger partial charge in [-0.05, 0) is 30.7 Å². The summed E-state index contributed by atoms with van der Waals surface area (Å²) in [4.78, 5) is 4.33. The third-order valence-electron chi connectivity index (χ3n) is 2.93. The van der Waals surface area contributed by atoms with Crippen LogP contribution in [0.15, 0.2) is 33.3 Å². The SMILES string of the molecule is CCC(O)C(C)c1nc(-c2ccc(Br)cc2)no1. The molecule has 1 aromatic heterocycles. The third kappa shape index (κ3) is 2.79. The smallest absolute Gasteiger partial charge is 0.232 e. The molecule has 1 heterocycles. The second-order valence-electron chi connectivity index (χ2n) is 4.23. The lowest BCUT2D eigenvalue weighted by molar-refractivity contribution is 0.129. The summed E-state index contributed by atoms with van der Waals surface area (Å²) in [5, 5.41) is 13.7. The van der Waals surface area contributed by atoms with Gasteiger partial charge < -0.3 is 9.63 Å². The summed E-state index contributed by atoms with van der Waals surface area (Å²) in [6.07, 6.45) is 0.208. The van der Waals surface area contributed by atoms with Gasteiger partial charge in [0, 0.05) is 10.0 Å². The van der Waals surface area contributed by atoms with Crippen LogP contribution in [-0.4, -0.2) is 21.4 Å². The summed E-state index contributed by atoms with van der Waals surface area (Å²) in [5.74, 6) is 0.877. The molecule has 2 aromatic rings. The first-order chi connectivity index (χ1) is 8.61. The second-order valence-corrected chi connectivity index (χ2v) is 5.14. The van der Waals surface area contributed by atoms with Crippen LogP contribution in [0.1, 0.15) is 32.1 Å². The highest BCUT2D eigenvalue weighted by molar-refractivity contribution is 9.10. The van der Waals surface area contributed by atoms with Gasteiger partial charge in [0.1, 0.15) is 0 Å². The van der Waals surface area contributed by atoms with Crippen LogP contribution in [0.5, 0.6) is 0 Å². The Morgan fingerprint density at radius 1 is 1.33 bits per heavy atom. The van der Waals surface area contributed by atoms with Crippen molar-refractivity contribution in [2.45, 2.75) is 32.3 Å². The van der Waals surface area contributed by atoms with Crippen LogP contribution in [0.2, 0.25) is 0 Å². The summed E-state index contributed by atoms with van der Waals surface area (Å²) in [7, 11) is 0. The van der Waals surface area contributed by atoms with Gasteiger partial charge in [-0.25, -0.2) is 0 Å². The molecular weight excluding hydrogens is 296 g/mol. The monoisotopic (exact) mass is 310 g/mol. The van der Waals surface area contributed by atoms with Crippen LogP contribution in [0.25, 0.3) is 11.4 Å². The van der Waals surface area contributed by atoms with E-state index in [9.17, 15) is 5.11 Å². The number of aliphatic hydroxyl groups is 1. The first kappa shape index (κ1) is 13.2. The first-order valence-electron chi connectivity index (χ1n) is 5.89. The lowest BCUT2D eigenvalue weighted by Crippen LogP contribution is -2.14. The predicted octanol–water partition coefficient (Wildman–Crippen LogP) is 3.37. The topological polar surface area (TPSA) is 59.2 Å². The lowest BCUT2D eigenvalue weighted by atomic mass is 10.0. The van der Waals surface area contributed by atoms with Gasteiger partial charge in [-0.3, -0.25) is 0 Å². The van der Waals surface area contributed by atoms with Gasteiger partial charge in [0.05, 0.1) is 12.0 Å². The molecule has 0 aliphatic carbocycles. The molecule has 2 atom stereocenters. The van der Waals surface area contributed by atoms with Crippen LogP contribution >= 0.6 is 15.9 Å². The Labute approximate surface area is 114 Å². The van der Waals surface area contributed by atoms with E-state index < -0.39 is 6.10 Å². The average Bonchev–Trinajstić information content (AvgIpc) is 2.87. The predicted molar refractivity (Wildman–Crippen MR) is 72.1 cm³/mol. The molecule has 2 rings (SSSR count). The molecule has 0 aliphatic rings. The van der Waals surface area contributed by atoms with Crippen molar-refractivity contribution in [2.75, 3.05) is 0 Å². The second kappa shape index (κ2) is 5.63. The maximum atomic E-state index is 9.76. The molecule has 0 aliphatic heterocycles. The van der Waals surface area contributed by atoms with E-state index in [1.54, 1.807) is 0 Å². The molecule has 5 heteroatoms. The molecule has 0 amide bonds. The van der Waals surface area contributed by atoms with Gasteiger partial charge >= 0.3 is 0 Å². The molecule has 4 nitrogen and oxygen atoms in total. The summed E-state index contributed by atoms with van der Waals surface area (Å²) in [6.45, 7) is 3.81. The van der Waals surface area contributed by atoms with E-state index in [0.717, 1.165) is 10.0 Å². The first-order valence-corrected chi connectivity index (χ1v) is 6.68. The van der Waals surface area contributed by atoms with Crippen molar-refractivity contribution >= 4 is 15.9 Å². The van der Waals surface area contributed by atoms with Crippen molar-refractivity contribution in [2.24, 2.45) is 0 Å². The molecular formula is C13H15BrN2O2. The zero-order valence-electron chi connectivity index (χ0n) is 10.3. The van der Waals surface area contributed by atoms with Gasteiger partial charge in [-0.15, -0.1) is 0 Å². The van der Waals surface area contributed by atoms with Gasteiger partial charge in [0.2, 0.25) is 11.7 Å². The molecule has 96 valence electrons. The number of hydrogen-bond acceptors (Lipinski definition) is 4. The highest BCUT2D eigenvalue weighted by Crippen LogP contribution is 2.24. The molecule has 0 spiro atoms. The Kier molecular flexibility index (Phi) is 4.14. The minimum atomic E-state index is -0.455. The van der Waals surface area contributed by atoms with E-state index in [-0.39, 0.29) is 5.92 Å². The summed E-state index contributed by atoms with van der Waals surface area (Å²) < 4.78 is 6.21. The van der Waals surface area contributed by atoms with Crippen molar-refractivity contribution in [3.63, 3.8) is 0 Å². The van der Waals surface area contributed by atoms with E-state index in [0.29, 0.717) is 18.1 Å². The molecule has 0 bridgehead atoms. The standard InChI is InChI=1S/C13H15BrN2O2/c1-3-11(17)8(2)13-15-12(16-18-13)9-4-6-10(14)7-5-9/h4-8,11,17H,3H2,1-2H3. The van der Waals surface area contributed by atoms with Crippen LogP contribution < -0.4 is 0 Å². The summed E-state index contributed by atoms with van der Waals surface area (Å²) in [6, 6.07) is 7.69. The number of rotatable bonds is 4. The fourth-order valence-electron chi connectivity index (χ4n) is 1.65. The van der Waals surface area contributed by atoms with Crippen molar-refractivity contribution in [3.05, 3.63) is 34.6 Å². The minimum absolute atomic E-state index is 0.147. The normalized spacial score (nSPS) is 14.4. The van der Waals surface area contributed by atoms with Crippen molar-refractivity contribution < 1.29 is 9.63 Å². The van der Waals surface area contributed by atoms with E-state index in [2.05, 4.69) is 26.1 Å². The van der Waals surface area contributed by atoms with Crippen LogP contribution in [0.4, 0.5) is 0 Å². The fraction of sp³-hybridized carbons (Fsp3) is 0.385. The molecule has 18 heavy (non-hydrogen) atoms. The summed E-state index contributed by atoms with van der Waals surface area (Å²) >= 11 is 3.38. The van der Waals surface area contributed by atoms with E-state index in [1.165, 1.54) is 0 Å². The number of aliphatic hydroxyl groups excluding tert-OH is 1. The van der Waals surface area contributed by atoms with Crippen LogP contribution in [0, 0.1) is 0 Å². The highest BCUT2D eigenvalue weighted by atomic mass is 79.9. The Morgan fingerprint density at radius 3 is 2.61 bits per heavy atom. The minimum Gasteiger partial charge on any atom is -0.392 e. The van der Waals surface area contributed by atoms with Crippen LogP contribution in [-0.2, 0) is 0 Å². The quantitative estimate of drug-likeness (QED) is 0.940. The third-order valence-corrected chi connectivity index (χ3v) is 3.46. The van der Waals surface area contributed by atoms with E-state index in [4.69, 9.17) is 4.52 Å². The number of nitrogens with zero attached hydrogens (tertiary/aromatic N) is 2. The van der Waals surface area contributed by atoms with Gasteiger partial charge in [-0.2, -0.15) is 4.98 Å². The molecule has 1 N–H and O–H groups in total. The van der Waals surface area contributed by atoms with Gasteiger partial charge in [0.15, 0.2) is 0 Å². The van der Waals surface area contributed by atoms with Gasteiger partial charge in [-0.1, -0.05) is 34.9 Å². The molecule has 2 unspecified atom stereocenters. The largest absolute Gasteiger partial charge is 0.392 e. The van der Waals surface area contributed by atoms with Crippen LogP contribution in [0.3, 0.4) is 0 Å². The average molecular weight is 311 g/mol. The maximum Gasteiger partial charge on any atom is 0.232 e. The zero-order valence-corrected chi connectivity index (χ0v) is 11.9. The van der Waals surface area contributed by atoms with E-state index in [1.807, 2.05) is 38.1 Å². The van der Waals surface area contributed by atoms with Gasteiger partial charge in [0.25, 0.3) is 0 Å². The lowest BCUT2D eigenvalue weighted by Gasteiger charge is -2.11. The fourth-order valence-corrected chi connectivity index (χ4v) is 1.92. The van der Waals surface area contributed by atoms with Crippen molar-refractivity contribution in [1.29, 1.82) is 0 Å².